The number of hydrogen-bond acceptors (Lipinski definition) is 4. The third kappa shape index (κ3) is 3.20. The summed E-state index contributed by atoms with van der Waals surface area (Å²) in [6, 6.07) is 0.0933. The molecule has 126 valence electrons. The highest BCUT2D eigenvalue weighted by Gasteiger charge is 2.15. The van der Waals surface area contributed by atoms with E-state index in [0.717, 1.165) is 4.57 Å². The summed E-state index contributed by atoms with van der Waals surface area (Å²) in [4.78, 5) is 40.3. The fourth-order valence-electron chi connectivity index (χ4n) is 2.28. The van der Waals surface area contributed by atoms with Crippen molar-refractivity contribution in [1.29, 1.82) is 0 Å². The molecule has 8 heteroatoms. The Morgan fingerprint density at radius 3 is 2.48 bits per heavy atom. The molecule has 0 bridgehead atoms. The van der Waals surface area contributed by atoms with Gasteiger partial charge in [-0.3, -0.25) is 18.7 Å². The molecule has 1 N–H and O–H groups in total. The fourth-order valence-corrected chi connectivity index (χ4v) is 2.28. The van der Waals surface area contributed by atoms with E-state index in [0.29, 0.717) is 23.6 Å². The summed E-state index contributed by atoms with van der Waals surface area (Å²) in [6.07, 6.45) is 1.74. The topological polar surface area (TPSA) is 90.9 Å². The molecular formula is C15H23N5O3. The molecule has 23 heavy (non-hydrogen) atoms. The lowest BCUT2D eigenvalue weighted by atomic mass is 10.1. The quantitative estimate of drug-likeness (QED) is 0.838. The van der Waals surface area contributed by atoms with Crippen molar-refractivity contribution in [2.75, 3.05) is 0 Å². The van der Waals surface area contributed by atoms with Gasteiger partial charge in [-0.25, -0.2) is 9.78 Å². The Morgan fingerprint density at radius 1 is 1.22 bits per heavy atom. The van der Waals surface area contributed by atoms with Gasteiger partial charge in [-0.2, -0.15) is 0 Å². The van der Waals surface area contributed by atoms with Gasteiger partial charge in [0.2, 0.25) is 5.91 Å². The van der Waals surface area contributed by atoms with E-state index in [1.807, 2.05) is 20.8 Å². The Kier molecular flexibility index (Phi) is 4.72. The van der Waals surface area contributed by atoms with Crippen LogP contribution in [0.4, 0.5) is 0 Å². The van der Waals surface area contributed by atoms with Gasteiger partial charge in [0.25, 0.3) is 5.56 Å². The van der Waals surface area contributed by atoms with Crippen LogP contribution in [-0.2, 0) is 25.4 Å². The first kappa shape index (κ1) is 17.0. The van der Waals surface area contributed by atoms with Crippen LogP contribution in [0, 0.1) is 5.92 Å². The van der Waals surface area contributed by atoms with Crippen LogP contribution in [0.5, 0.6) is 0 Å². The van der Waals surface area contributed by atoms with Gasteiger partial charge in [0.05, 0.1) is 6.33 Å². The second-order valence-corrected chi connectivity index (χ2v) is 6.17. The van der Waals surface area contributed by atoms with Crippen LogP contribution in [0.1, 0.15) is 27.2 Å². The number of nitrogens with zero attached hydrogens (tertiary/aromatic N) is 4. The minimum atomic E-state index is -0.420. The number of fused-ring (bicyclic) bond motifs is 1. The van der Waals surface area contributed by atoms with E-state index in [4.69, 9.17) is 0 Å². The number of carbonyl (C=O) groups excluding carboxylic acids is 1. The van der Waals surface area contributed by atoms with Gasteiger partial charge < -0.3 is 9.88 Å². The van der Waals surface area contributed by atoms with Gasteiger partial charge in [0.15, 0.2) is 11.2 Å². The van der Waals surface area contributed by atoms with Crippen LogP contribution in [0.3, 0.4) is 0 Å². The Hall–Kier alpha value is -2.38. The number of aromatic nitrogens is 4. The summed E-state index contributed by atoms with van der Waals surface area (Å²) >= 11 is 0. The first-order chi connectivity index (χ1) is 10.7. The van der Waals surface area contributed by atoms with Crippen LogP contribution in [0.2, 0.25) is 0 Å². The van der Waals surface area contributed by atoms with E-state index in [9.17, 15) is 14.4 Å². The van der Waals surface area contributed by atoms with Crippen LogP contribution < -0.4 is 16.6 Å². The molecule has 0 saturated heterocycles. The third-order valence-electron chi connectivity index (χ3n) is 4.19. The summed E-state index contributed by atoms with van der Waals surface area (Å²) in [5.74, 6) is 0.282. The Balaban J connectivity index is 2.24. The summed E-state index contributed by atoms with van der Waals surface area (Å²) < 4.78 is 3.99. The van der Waals surface area contributed by atoms with E-state index < -0.39 is 11.2 Å². The predicted molar refractivity (Wildman–Crippen MR) is 87.3 cm³/mol. The van der Waals surface area contributed by atoms with E-state index in [1.54, 1.807) is 11.6 Å². The molecule has 0 aromatic carbocycles. The normalized spacial score (nSPS) is 12.8. The monoisotopic (exact) mass is 321 g/mol. The van der Waals surface area contributed by atoms with Gasteiger partial charge in [-0.05, 0) is 12.8 Å². The second kappa shape index (κ2) is 6.39. The maximum Gasteiger partial charge on any atom is 0.332 e. The van der Waals surface area contributed by atoms with Crippen molar-refractivity contribution in [3.05, 3.63) is 27.2 Å². The minimum absolute atomic E-state index is 0.0744. The second-order valence-electron chi connectivity index (χ2n) is 6.17. The molecule has 1 atom stereocenters. The highest BCUT2D eigenvalue weighted by Crippen LogP contribution is 2.07. The molecule has 0 aliphatic heterocycles. The molecule has 8 nitrogen and oxygen atoms in total. The number of rotatable bonds is 5. The van der Waals surface area contributed by atoms with E-state index in [1.165, 1.54) is 17.9 Å². The summed E-state index contributed by atoms with van der Waals surface area (Å²) in [5.41, 5.74) is -0.166. The van der Waals surface area contributed by atoms with Gasteiger partial charge >= 0.3 is 5.69 Å². The summed E-state index contributed by atoms with van der Waals surface area (Å²) in [6.45, 7) is 6.37. The first-order valence-corrected chi connectivity index (χ1v) is 7.64. The number of imidazole rings is 1. The molecule has 2 rings (SSSR count). The SMILES string of the molecule is CC(C)[C@@H](C)NC(=O)CCn1cnc2c1c(=O)n(C)c(=O)n2C. The van der Waals surface area contributed by atoms with Crippen LogP contribution in [0.15, 0.2) is 15.9 Å². The van der Waals surface area contributed by atoms with E-state index in [-0.39, 0.29) is 18.4 Å². The molecule has 2 heterocycles. The van der Waals surface area contributed by atoms with E-state index in [2.05, 4.69) is 10.3 Å². The average molecular weight is 321 g/mol. The Morgan fingerprint density at radius 2 is 1.87 bits per heavy atom. The molecule has 2 aromatic rings. The van der Waals surface area contributed by atoms with Crippen molar-refractivity contribution in [3.8, 4) is 0 Å². The summed E-state index contributed by atoms with van der Waals surface area (Å²) in [5, 5.41) is 2.93. The number of carbonyl (C=O) groups is 1. The molecule has 2 aromatic heterocycles. The van der Waals surface area contributed by atoms with Crippen molar-refractivity contribution in [1.82, 2.24) is 24.0 Å². The number of hydrogen-bond donors (Lipinski definition) is 1. The number of nitrogens with one attached hydrogen (secondary N) is 1. The molecule has 0 spiro atoms. The molecule has 0 saturated carbocycles. The van der Waals surface area contributed by atoms with Crippen LogP contribution >= 0.6 is 0 Å². The van der Waals surface area contributed by atoms with Crippen molar-refractivity contribution in [2.45, 2.75) is 39.8 Å². The molecule has 1 amide bonds. The number of amides is 1. The van der Waals surface area contributed by atoms with Crippen molar-refractivity contribution in [2.24, 2.45) is 20.0 Å². The van der Waals surface area contributed by atoms with Crippen molar-refractivity contribution >= 4 is 17.1 Å². The molecular weight excluding hydrogens is 298 g/mol. The maximum absolute atomic E-state index is 12.3. The number of aryl methyl sites for hydroxylation is 2. The van der Waals surface area contributed by atoms with E-state index >= 15 is 0 Å². The van der Waals surface area contributed by atoms with Gasteiger partial charge in [-0.15, -0.1) is 0 Å². The van der Waals surface area contributed by atoms with Crippen molar-refractivity contribution < 1.29 is 4.79 Å². The highest BCUT2D eigenvalue weighted by atomic mass is 16.2. The summed E-state index contributed by atoms with van der Waals surface area (Å²) in [7, 11) is 3.00. The predicted octanol–water partition coefficient (Wildman–Crippen LogP) is -0.0155. The molecule has 0 aliphatic rings. The van der Waals surface area contributed by atoms with Gasteiger partial charge in [0, 0.05) is 33.1 Å². The lowest BCUT2D eigenvalue weighted by molar-refractivity contribution is -0.122. The van der Waals surface area contributed by atoms with Crippen LogP contribution in [-0.4, -0.2) is 30.6 Å². The van der Waals surface area contributed by atoms with Gasteiger partial charge in [-0.1, -0.05) is 13.8 Å². The zero-order valence-corrected chi connectivity index (χ0v) is 14.2. The molecule has 0 aliphatic carbocycles. The fraction of sp³-hybridized carbons (Fsp3) is 0.600. The lowest BCUT2D eigenvalue weighted by Gasteiger charge is -2.17. The Bertz CT molecular complexity index is 843. The smallest absolute Gasteiger partial charge is 0.332 e. The molecule has 0 unspecified atom stereocenters. The van der Waals surface area contributed by atoms with Gasteiger partial charge in [0.1, 0.15) is 0 Å². The maximum atomic E-state index is 12.3. The third-order valence-corrected chi connectivity index (χ3v) is 4.19. The van der Waals surface area contributed by atoms with Crippen molar-refractivity contribution in [3.63, 3.8) is 0 Å². The standard InChI is InChI=1S/C15H23N5O3/c1-9(2)10(3)17-11(21)6-7-20-8-16-13-12(20)14(22)19(5)15(23)18(13)4/h8-10H,6-7H2,1-5H3,(H,17,21)/t10-/m1/s1. The molecule has 0 radical (unpaired) electrons. The zero-order valence-electron chi connectivity index (χ0n) is 14.2. The zero-order chi connectivity index (χ0) is 17.3. The largest absolute Gasteiger partial charge is 0.353 e. The molecule has 0 fully saturated rings. The van der Waals surface area contributed by atoms with Crippen LogP contribution in [0.25, 0.3) is 11.2 Å². The average Bonchev–Trinajstić information content (AvgIpc) is 2.92. The Labute approximate surface area is 133 Å². The highest BCUT2D eigenvalue weighted by molar-refractivity contribution is 5.76. The first-order valence-electron chi connectivity index (χ1n) is 7.64. The lowest BCUT2D eigenvalue weighted by Crippen LogP contribution is -2.38. The minimum Gasteiger partial charge on any atom is -0.353 e.